The second kappa shape index (κ2) is 9.65. The fraction of sp³-hybridized carbons (Fsp3) is 0.286. The summed E-state index contributed by atoms with van der Waals surface area (Å²) in [5.74, 6) is -1.51. The molecule has 7 nitrogen and oxygen atoms in total. The molecular formula is C21H22N4O3. The largest absolute Gasteiger partial charge is 0.371 e. The zero-order valence-electron chi connectivity index (χ0n) is 15.4. The number of hydrogen-bond acceptors (Lipinski definition) is 5. The summed E-state index contributed by atoms with van der Waals surface area (Å²) < 4.78 is 5.83. The third kappa shape index (κ3) is 5.16. The Balaban J connectivity index is 1.44. The summed E-state index contributed by atoms with van der Waals surface area (Å²) in [6.45, 7) is 3.12. The zero-order chi connectivity index (χ0) is 19.8. The summed E-state index contributed by atoms with van der Waals surface area (Å²) in [7, 11) is 0. The van der Waals surface area contributed by atoms with Crippen molar-refractivity contribution < 1.29 is 14.3 Å². The first-order valence-corrected chi connectivity index (χ1v) is 9.14. The summed E-state index contributed by atoms with van der Waals surface area (Å²) in [5, 5.41) is 14.1. The highest BCUT2D eigenvalue weighted by Crippen LogP contribution is 2.21. The number of rotatable bonds is 5. The SMILES string of the molecule is N#Cc1ccccc1NC(=O)C(=O)NCCN1CCO[C@H](c2ccccc2)C1. The van der Waals surface area contributed by atoms with Gasteiger partial charge in [0.1, 0.15) is 6.07 Å². The van der Waals surface area contributed by atoms with Crippen molar-refractivity contribution in [3.63, 3.8) is 0 Å². The van der Waals surface area contributed by atoms with Gasteiger partial charge < -0.3 is 15.4 Å². The molecule has 1 saturated heterocycles. The molecule has 1 aliphatic heterocycles. The number of para-hydroxylation sites is 1. The molecule has 2 aromatic carbocycles. The van der Waals surface area contributed by atoms with Crippen molar-refractivity contribution in [2.75, 3.05) is 38.1 Å². The van der Waals surface area contributed by atoms with Crippen LogP contribution in [0.1, 0.15) is 17.2 Å². The molecule has 0 aromatic heterocycles. The number of hydrogen-bond donors (Lipinski definition) is 2. The summed E-state index contributed by atoms with van der Waals surface area (Å²) in [4.78, 5) is 26.3. The fourth-order valence-corrected chi connectivity index (χ4v) is 3.05. The molecular weight excluding hydrogens is 356 g/mol. The monoisotopic (exact) mass is 378 g/mol. The summed E-state index contributed by atoms with van der Waals surface area (Å²) >= 11 is 0. The molecule has 3 rings (SSSR count). The van der Waals surface area contributed by atoms with Crippen LogP contribution in [0, 0.1) is 11.3 Å². The molecule has 1 fully saturated rings. The third-order valence-electron chi connectivity index (χ3n) is 4.54. The standard InChI is InChI=1S/C21H22N4O3/c22-14-17-8-4-5-9-18(17)24-21(27)20(26)23-10-11-25-12-13-28-19(15-25)16-6-2-1-3-7-16/h1-9,19H,10-13,15H2,(H,23,26)(H,24,27)/t19-/m0/s1. The van der Waals surface area contributed by atoms with Gasteiger partial charge in [-0.3, -0.25) is 14.5 Å². The van der Waals surface area contributed by atoms with Crippen molar-refractivity contribution in [1.29, 1.82) is 5.26 Å². The Labute approximate surface area is 163 Å². The van der Waals surface area contributed by atoms with Crippen LogP contribution in [-0.2, 0) is 14.3 Å². The van der Waals surface area contributed by atoms with Gasteiger partial charge in [-0.25, -0.2) is 0 Å². The third-order valence-corrected chi connectivity index (χ3v) is 4.54. The van der Waals surface area contributed by atoms with Crippen molar-refractivity contribution in [3.8, 4) is 6.07 Å². The molecule has 0 radical (unpaired) electrons. The number of carbonyl (C=O) groups is 2. The number of benzene rings is 2. The molecule has 144 valence electrons. The fourth-order valence-electron chi connectivity index (χ4n) is 3.05. The van der Waals surface area contributed by atoms with E-state index in [1.54, 1.807) is 24.3 Å². The Hall–Kier alpha value is -3.21. The Morgan fingerprint density at radius 3 is 2.64 bits per heavy atom. The van der Waals surface area contributed by atoms with Crippen molar-refractivity contribution in [2.45, 2.75) is 6.10 Å². The van der Waals surface area contributed by atoms with Crippen LogP contribution in [0.25, 0.3) is 0 Å². The smallest absolute Gasteiger partial charge is 0.313 e. The summed E-state index contributed by atoms with van der Waals surface area (Å²) in [6.07, 6.45) is 0.0106. The van der Waals surface area contributed by atoms with E-state index in [4.69, 9.17) is 10.00 Å². The molecule has 1 heterocycles. The molecule has 2 N–H and O–H groups in total. The topological polar surface area (TPSA) is 94.5 Å². The van der Waals surface area contributed by atoms with E-state index in [1.807, 2.05) is 36.4 Å². The van der Waals surface area contributed by atoms with E-state index >= 15 is 0 Å². The van der Waals surface area contributed by atoms with Crippen molar-refractivity contribution in [1.82, 2.24) is 10.2 Å². The highest BCUT2D eigenvalue weighted by molar-refractivity contribution is 6.39. The maximum absolute atomic E-state index is 12.0. The van der Waals surface area contributed by atoms with E-state index < -0.39 is 11.8 Å². The van der Waals surface area contributed by atoms with E-state index in [9.17, 15) is 9.59 Å². The van der Waals surface area contributed by atoms with E-state index in [0.29, 0.717) is 30.9 Å². The van der Waals surface area contributed by atoms with E-state index in [1.165, 1.54) is 0 Å². The summed E-state index contributed by atoms with van der Waals surface area (Å²) in [5.41, 5.74) is 1.76. The first kappa shape index (κ1) is 19.5. The van der Waals surface area contributed by atoms with Crippen molar-refractivity contribution >= 4 is 17.5 Å². The molecule has 7 heteroatoms. The van der Waals surface area contributed by atoms with E-state index in [0.717, 1.165) is 18.7 Å². The molecule has 0 aliphatic carbocycles. The molecule has 2 aromatic rings. The van der Waals surface area contributed by atoms with Gasteiger partial charge in [-0.05, 0) is 17.7 Å². The number of nitrogens with one attached hydrogen (secondary N) is 2. The van der Waals surface area contributed by atoms with Crippen LogP contribution in [0.3, 0.4) is 0 Å². The number of amides is 2. The summed E-state index contributed by atoms with van der Waals surface area (Å²) in [6, 6.07) is 18.6. The second-order valence-corrected chi connectivity index (χ2v) is 6.44. The Kier molecular flexibility index (Phi) is 6.73. The van der Waals surface area contributed by atoms with Gasteiger partial charge in [-0.1, -0.05) is 42.5 Å². The number of anilines is 1. The maximum Gasteiger partial charge on any atom is 0.313 e. The minimum Gasteiger partial charge on any atom is -0.371 e. The van der Waals surface area contributed by atoms with Gasteiger partial charge in [0.05, 0.1) is 24.0 Å². The highest BCUT2D eigenvalue weighted by atomic mass is 16.5. The average Bonchev–Trinajstić information content (AvgIpc) is 2.75. The number of nitrogens with zero attached hydrogens (tertiary/aromatic N) is 2. The van der Waals surface area contributed by atoms with Crippen LogP contribution in [0.2, 0.25) is 0 Å². The molecule has 0 spiro atoms. The molecule has 2 amide bonds. The second-order valence-electron chi connectivity index (χ2n) is 6.44. The minimum atomic E-state index is -0.785. The number of morpholine rings is 1. The Bertz CT molecular complexity index is 863. The van der Waals surface area contributed by atoms with Crippen LogP contribution in [0.15, 0.2) is 54.6 Å². The normalized spacial score (nSPS) is 16.8. The zero-order valence-corrected chi connectivity index (χ0v) is 15.4. The first-order valence-electron chi connectivity index (χ1n) is 9.14. The van der Waals surface area contributed by atoms with Crippen LogP contribution in [0.5, 0.6) is 0 Å². The Morgan fingerprint density at radius 1 is 1.11 bits per heavy atom. The lowest BCUT2D eigenvalue weighted by atomic mass is 10.1. The van der Waals surface area contributed by atoms with E-state index in [2.05, 4.69) is 15.5 Å². The lowest BCUT2D eigenvalue weighted by molar-refractivity contribution is -0.136. The highest BCUT2D eigenvalue weighted by Gasteiger charge is 2.22. The molecule has 1 atom stereocenters. The average molecular weight is 378 g/mol. The van der Waals surface area contributed by atoms with Gasteiger partial charge in [-0.2, -0.15) is 5.26 Å². The van der Waals surface area contributed by atoms with Gasteiger partial charge in [0.2, 0.25) is 0 Å². The minimum absolute atomic E-state index is 0.0106. The molecule has 28 heavy (non-hydrogen) atoms. The molecule has 1 aliphatic rings. The van der Waals surface area contributed by atoms with Crippen LogP contribution >= 0.6 is 0 Å². The van der Waals surface area contributed by atoms with Gasteiger partial charge in [-0.15, -0.1) is 0 Å². The van der Waals surface area contributed by atoms with Gasteiger partial charge in [0.15, 0.2) is 0 Å². The van der Waals surface area contributed by atoms with Crippen molar-refractivity contribution in [2.24, 2.45) is 0 Å². The number of nitriles is 1. The first-order chi connectivity index (χ1) is 13.7. The van der Waals surface area contributed by atoms with E-state index in [-0.39, 0.29) is 6.10 Å². The van der Waals surface area contributed by atoms with Gasteiger partial charge in [0, 0.05) is 26.2 Å². The number of carbonyl (C=O) groups excluding carboxylic acids is 2. The molecule has 0 saturated carbocycles. The number of ether oxygens (including phenoxy) is 1. The van der Waals surface area contributed by atoms with Gasteiger partial charge >= 0.3 is 11.8 Å². The van der Waals surface area contributed by atoms with Crippen LogP contribution in [-0.4, -0.2) is 49.5 Å². The van der Waals surface area contributed by atoms with Crippen LogP contribution < -0.4 is 10.6 Å². The van der Waals surface area contributed by atoms with Crippen molar-refractivity contribution in [3.05, 3.63) is 65.7 Å². The molecule has 0 unspecified atom stereocenters. The Morgan fingerprint density at radius 2 is 1.86 bits per heavy atom. The predicted octanol–water partition coefficient (Wildman–Crippen LogP) is 1.69. The quantitative estimate of drug-likeness (QED) is 0.772. The molecule has 0 bridgehead atoms. The van der Waals surface area contributed by atoms with Gasteiger partial charge in [0.25, 0.3) is 0 Å². The predicted molar refractivity (Wildman–Crippen MR) is 104 cm³/mol. The lowest BCUT2D eigenvalue weighted by Gasteiger charge is -2.33. The van der Waals surface area contributed by atoms with Crippen LogP contribution in [0.4, 0.5) is 5.69 Å². The lowest BCUT2D eigenvalue weighted by Crippen LogP contribution is -2.44. The maximum atomic E-state index is 12.0.